The molecule has 1 unspecified atom stereocenters. The summed E-state index contributed by atoms with van der Waals surface area (Å²) in [4.78, 5) is 19.0. The van der Waals surface area contributed by atoms with Crippen LogP contribution >= 0.6 is 23.1 Å². The molecule has 1 aromatic carbocycles. The number of fused-ring (bicyclic) bond motifs is 1. The van der Waals surface area contributed by atoms with E-state index in [2.05, 4.69) is 23.2 Å². The van der Waals surface area contributed by atoms with Gasteiger partial charge in [-0.3, -0.25) is 4.79 Å². The summed E-state index contributed by atoms with van der Waals surface area (Å²) in [6.07, 6.45) is 0.954. The summed E-state index contributed by atoms with van der Waals surface area (Å²) in [5.74, 6) is 0.211. The standard InChI is InChI=1S/C16H18N2OS2/c1-11-10-20-16(17-11)21-12(2)15(19)18-8-7-13-5-3-4-6-14(13)9-18/h3-6,10,12H,7-9H2,1-2H3. The fourth-order valence-corrected chi connectivity index (χ4v) is 4.60. The van der Waals surface area contributed by atoms with Gasteiger partial charge in [0.05, 0.1) is 5.25 Å². The van der Waals surface area contributed by atoms with Gasteiger partial charge in [0.2, 0.25) is 5.91 Å². The van der Waals surface area contributed by atoms with Crippen molar-refractivity contribution in [3.63, 3.8) is 0 Å². The number of nitrogens with zero attached hydrogens (tertiary/aromatic N) is 2. The lowest BCUT2D eigenvalue weighted by molar-refractivity contribution is -0.131. The first-order valence-corrected chi connectivity index (χ1v) is 8.84. The van der Waals surface area contributed by atoms with Gasteiger partial charge in [0.1, 0.15) is 0 Å². The topological polar surface area (TPSA) is 33.2 Å². The maximum atomic E-state index is 12.6. The Morgan fingerprint density at radius 1 is 1.38 bits per heavy atom. The highest BCUT2D eigenvalue weighted by Gasteiger charge is 2.25. The second kappa shape index (κ2) is 6.20. The van der Waals surface area contributed by atoms with Gasteiger partial charge in [0.15, 0.2) is 4.34 Å². The van der Waals surface area contributed by atoms with Crippen LogP contribution in [0.2, 0.25) is 0 Å². The first-order valence-electron chi connectivity index (χ1n) is 7.08. The monoisotopic (exact) mass is 318 g/mol. The Hall–Kier alpha value is -1.33. The van der Waals surface area contributed by atoms with Gasteiger partial charge in [-0.05, 0) is 31.4 Å². The molecule has 0 fully saturated rings. The van der Waals surface area contributed by atoms with Gasteiger partial charge in [-0.1, -0.05) is 36.0 Å². The van der Waals surface area contributed by atoms with E-state index in [1.807, 2.05) is 30.2 Å². The van der Waals surface area contributed by atoms with Crippen LogP contribution in [0.25, 0.3) is 0 Å². The van der Waals surface area contributed by atoms with E-state index in [9.17, 15) is 4.79 Å². The third-order valence-corrected chi connectivity index (χ3v) is 5.84. The van der Waals surface area contributed by atoms with Gasteiger partial charge in [-0.25, -0.2) is 4.98 Å². The molecule has 0 saturated carbocycles. The molecule has 1 amide bonds. The molecule has 3 rings (SSSR count). The maximum Gasteiger partial charge on any atom is 0.236 e. The van der Waals surface area contributed by atoms with Gasteiger partial charge in [-0.2, -0.15) is 0 Å². The minimum absolute atomic E-state index is 0.0826. The highest BCUT2D eigenvalue weighted by molar-refractivity contribution is 8.02. The Kier molecular flexibility index (Phi) is 4.31. The zero-order chi connectivity index (χ0) is 14.8. The largest absolute Gasteiger partial charge is 0.337 e. The van der Waals surface area contributed by atoms with Gasteiger partial charge >= 0.3 is 0 Å². The smallest absolute Gasteiger partial charge is 0.236 e. The SMILES string of the molecule is Cc1csc(SC(C)C(=O)N2CCc3ccccc3C2)n1. The van der Waals surface area contributed by atoms with Crippen LogP contribution < -0.4 is 0 Å². The maximum absolute atomic E-state index is 12.6. The predicted molar refractivity (Wildman–Crippen MR) is 87.7 cm³/mol. The molecular weight excluding hydrogens is 300 g/mol. The summed E-state index contributed by atoms with van der Waals surface area (Å²) in [5.41, 5.74) is 3.67. The number of benzene rings is 1. The number of carbonyl (C=O) groups is 1. The zero-order valence-corrected chi connectivity index (χ0v) is 13.8. The van der Waals surface area contributed by atoms with E-state index in [0.717, 1.165) is 29.5 Å². The van der Waals surface area contributed by atoms with Crippen LogP contribution in [0.15, 0.2) is 34.0 Å². The summed E-state index contributed by atoms with van der Waals surface area (Å²) < 4.78 is 0.978. The van der Waals surface area contributed by atoms with Gasteiger partial charge in [0.25, 0.3) is 0 Å². The number of thiazole rings is 1. The minimum Gasteiger partial charge on any atom is -0.337 e. The predicted octanol–water partition coefficient (Wildman–Crippen LogP) is 3.52. The third kappa shape index (κ3) is 3.30. The first kappa shape index (κ1) is 14.6. The van der Waals surface area contributed by atoms with Crippen molar-refractivity contribution in [1.29, 1.82) is 0 Å². The summed E-state index contributed by atoms with van der Waals surface area (Å²) >= 11 is 3.18. The number of hydrogen-bond donors (Lipinski definition) is 0. The molecule has 1 atom stereocenters. The number of amides is 1. The molecule has 1 aromatic heterocycles. The molecule has 3 nitrogen and oxygen atoms in total. The van der Waals surface area contributed by atoms with Crippen molar-refractivity contribution in [2.45, 2.75) is 36.4 Å². The highest BCUT2D eigenvalue weighted by Crippen LogP contribution is 2.29. The van der Waals surface area contributed by atoms with E-state index in [1.54, 1.807) is 23.1 Å². The fraction of sp³-hybridized carbons (Fsp3) is 0.375. The molecule has 0 saturated heterocycles. The summed E-state index contributed by atoms with van der Waals surface area (Å²) in [7, 11) is 0. The zero-order valence-electron chi connectivity index (χ0n) is 12.2. The van der Waals surface area contributed by atoms with Crippen LogP contribution in [0.1, 0.15) is 23.7 Å². The Morgan fingerprint density at radius 2 is 2.14 bits per heavy atom. The molecule has 0 spiro atoms. The lowest BCUT2D eigenvalue weighted by Gasteiger charge is -2.30. The van der Waals surface area contributed by atoms with Gasteiger partial charge in [-0.15, -0.1) is 11.3 Å². The molecule has 0 radical (unpaired) electrons. The Bertz CT molecular complexity index is 653. The van der Waals surface area contributed by atoms with Crippen molar-refractivity contribution < 1.29 is 4.79 Å². The van der Waals surface area contributed by atoms with E-state index >= 15 is 0 Å². The lowest BCUT2D eigenvalue weighted by Crippen LogP contribution is -2.40. The van der Waals surface area contributed by atoms with Crippen molar-refractivity contribution in [2.24, 2.45) is 0 Å². The van der Waals surface area contributed by atoms with Crippen molar-refractivity contribution >= 4 is 29.0 Å². The van der Waals surface area contributed by atoms with Crippen LogP contribution in [0.4, 0.5) is 0 Å². The Morgan fingerprint density at radius 3 is 2.86 bits per heavy atom. The van der Waals surface area contributed by atoms with Crippen LogP contribution in [-0.2, 0) is 17.8 Å². The second-order valence-corrected chi connectivity index (χ2v) is 7.74. The molecule has 1 aliphatic heterocycles. The van der Waals surface area contributed by atoms with E-state index in [0.29, 0.717) is 0 Å². The van der Waals surface area contributed by atoms with E-state index in [4.69, 9.17) is 0 Å². The average molecular weight is 318 g/mol. The normalized spacial score (nSPS) is 15.6. The number of thioether (sulfide) groups is 1. The number of rotatable bonds is 3. The summed E-state index contributed by atoms with van der Waals surface area (Å²) in [6.45, 7) is 5.51. The highest BCUT2D eigenvalue weighted by atomic mass is 32.2. The molecule has 0 N–H and O–H groups in total. The summed E-state index contributed by atoms with van der Waals surface area (Å²) in [5, 5.41) is 1.94. The minimum atomic E-state index is -0.0826. The van der Waals surface area contributed by atoms with Crippen LogP contribution in [0.3, 0.4) is 0 Å². The van der Waals surface area contributed by atoms with E-state index in [-0.39, 0.29) is 11.2 Å². The summed E-state index contributed by atoms with van der Waals surface area (Å²) in [6, 6.07) is 8.40. The van der Waals surface area contributed by atoms with Crippen molar-refractivity contribution in [3.8, 4) is 0 Å². The fourth-order valence-electron chi connectivity index (χ4n) is 2.53. The molecular formula is C16H18N2OS2. The Labute approximate surface area is 133 Å². The van der Waals surface area contributed by atoms with Crippen molar-refractivity contribution in [2.75, 3.05) is 6.54 Å². The van der Waals surface area contributed by atoms with Crippen molar-refractivity contribution in [3.05, 3.63) is 46.5 Å². The molecule has 2 heterocycles. The van der Waals surface area contributed by atoms with Crippen LogP contribution in [0, 0.1) is 6.92 Å². The third-order valence-electron chi connectivity index (χ3n) is 3.67. The second-order valence-electron chi connectivity index (χ2n) is 5.29. The number of aryl methyl sites for hydroxylation is 1. The quantitative estimate of drug-likeness (QED) is 0.812. The molecule has 110 valence electrons. The first-order chi connectivity index (χ1) is 10.1. The molecule has 0 bridgehead atoms. The van der Waals surface area contributed by atoms with E-state index in [1.165, 1.54) is 11.1 Å². The molecule has 1 aliphatic rings. The van der Waals surface area contributed by atoms with Crippen molar-refractivity contribution in [1.82, 2.24) is 9.88 Å². The number of aromatic nitrogens is 1. The molecule has 0 aliphatic carbocycles. The lowest BCUT2D eigenvalue weighted by atomic mass is 10.00. The Balaban J connectivity index is 1.66. The van der Waals surface area contributed by atoms with Gasteiger partial charge in [0, 0.05) is 24.2 Å². The number of carbonyl (C=O) groups excluding carboxylic acids is 1. The van der Waals surface area contributed by atoms with E-state index < -0.39 is 0 Å². The molecule has 21 heavy (non-hydrogen) atoms. The molecule has 5 heteroatoms. The average Bonchev–Trinajstić information content (AvgIpc) is 2.91. The van der Waals surface area contributed by atoms with Gasteiger partial charge < -0.3 is 4.90 Å². The van der Waals surface area contributed by atoms with Crippen LogP contribution in [-0.4, -0.2) is 27.6 Å². The number of hydrogen-bond acceptors (Lipinski definition) is 4. The molecule has 2 aromatic rings. The van der Waals surface area contributed by atoms with Crippen LogP contribution in [0.5, 0.6) is 0 Å².